The largest absolute Gasteiger partial charge is 0.296 e. The minimum absolute atomic E-state index is 0.185. The number of aromatic nitrogens is 1. The fourth-order valence-electron chi connectivity index (χ4n) is 2.25. The molecule has 2 aromatic rings. The van der Waals surface area contributed by atoms with E-state index in [1.807, 2.05) is 36.4 Å². The van der Waals surface area contributed by atoms with Gasteiger partial charge in [-0.1, -0.05) is 24.3 Å². The first-order valence-corrected chi connectivity index (χ1v) is 5.91. The van der Waals surface area contributed by atoms with Gasteiger partial charge in [0.05, 0.1) is 11.4 Å². The molecule has 1 aromatic carbocycles. The van der Waals surface area contributed by atoms with Gasteiger partial charge in [0, 0.05) is 23.9 Å². The van der Waals surface area contributed by atoms with Crippen LogP contribution < -0.4 is 5.32 Å². The van der Waals surface area contributed by atoms with Crippen molar-refractivity contribution in [2.45, 2.75) is 12.8 Å². The maximum absolute atomic E-state index is 11.5. The molecular formula is C14H12N2O2. The van der Waals surface area contributed by atoms with Gasteiger partial charge < -0.3 is 0 Å². The number of fused-ring (bicyclic) bond motifs is 1. The van der Waals surface area contributed by atoms with Crippen LogP contribution in [0.2, 0.25) is 0 Å². The lowest BCUT2D eigenvalue weighted by atomic mass is 10.0. The number of nitrogens with one attached hydrogen (secondary N) is 1. The number of amides is 2. The highest BCUT2D eigenvalue weighted by molar-refractivity contribution is 6.03. The Bertz CT molecular complexity index is 636. The highest BCUT2D eigenvalue weighted by Crippen LogP contribution is 2.18. The second-order valence-electron chi connectivity index (χ2n) is 4.51. The molecular weight excluding hydrogens is 228 g/mol. The van der Waals surface area contributed by atoms with E-state index in [4.69, 9.17) is 0 Å². The van der Waals surface area contributed by atoms with E-state index in [-0.39, 0.29) is 24.2 Å². The van der Waals surface area contributed by atoms with Gasteiger partial charge in [0.1, 0.15) is 0 Å². The van der Waals surface area contributed by atoms with Gasteiger partial charge in [0.15, 0.2) is 0 Å². The Labute approximate surface area is 104 Å². The molecule has 1 fully saturated rings. The molecule has 0 radical (unpaired) electrons. The minimum Gasteiger partial charge on any atom is -0.296 e. The molecule has 0 bridgehead atoms. The molecule has 1 aliphatic rings. The molecule has 4 heteroatoms. The second kappa shape index (κ2) is 4.22. The number of nitrogens with zero attached hydrogens (tertiary/aromatic N) is 1. The number of hydrogen-bond donors (Lipinski definition) is 1. The molecule has 0 spiro atoms. The van der Waals surface area contributed by atoms with Crippen LogP contribution in [0.25, 0.3) is 10.9 Å². The first-order valence-electron chi connectivity index (χ1n) is 5.91. The zero-order valence-corrected chi connectivity index (χ0v) is 9.72. The molecule has 1 aromatic heterocycles. The van der Waals surface area contributed by atoms with Crippen molar-refractivity contribution >= 4 is 22.7 Å². The lowest BCUT2D eigenvalue weighted by molar-refractivity contribution is -0.125. The third-order valence-electron chi connectivity index (χ3n) is 3.18. The Kier molecular flexibility index (Phi) is 2.55. The van der Waals surface area contributed by atoms with Gasteiger partial charge in [0.25, 0.3) is 0 Å². The Balaban J connectivity index is 1.87. The summed E-state index contributed by atoms with van der Waals surface area (Å²) in [5.74, 6) is -0.646. The van der Waals surface area contributed by atoms with Gasteiger partial charge >= 0.3 is 0 Å². The average Bonchev–Trinajstić information content (AvgIpc) is 2.68. The topological polar surface area (TPSA) is 59.1 Å². The van der Waals surface area contributed by atoms with Crippen LogP contribution in [0.5, 0.6) is 0 Å². The maximum atomic E-state index is 11.5. The van der Waals surface area contributed by atoms with Gasteiger partial charge in [-0.25, -0.2) is 0 Å². The first kappa shape index (κ1) is 10.9. The zero-order chi connectivity index (χ0) is 12.5. The summed E-state index contributed by atoms with van der Waals surface area (Å²) < 4.78 is 0. The van der Waals surface area contributed by atoms with Crippen molar-refractivity contribution in [2.24, 2.45) is 5.92 Å². The molecule has 4 nitrogen and oxygen atoms in total. The van der Waals surface area contributed by atoms with Crippen LogP contribution in [0, 0.1) is 5.92 Å². The van der Waals surface area contributed by atoms with Gasteiger partial charge in [-0.3, -0.25) is 19.9 Å². The molecule has 1 unspecified atom stereocenters. The summed E-state index contributed by atoms with van der Waals surface area (Å²) in [6.07, 6.45) is 0.787. The number of imide groups is 1. The van der Waals surface area contributed by atoms with Crippen LogP contribution in [0.15, 0.2) is 36.4 Å². The molecule has 2 heterocycles. The Morgan fingerprint density at radius 1 is 1.17 bits per heavy atom. The van der Waals surface area contributed by atoms with Crippen molar-refractivity contribution < 1.29 is 9.59 Å². The smallest absolute Gasteiger partial charge is 0.230 e. The van der Waals surface area contributed by atoms with Crippen LogP contribution in [-0.4, -0.2) is 16.8 Å². The molecule has 0 saturated carbocycles. The van der Waals surface area contributed by atoms with Crippen molar-refractivity contribution in [3.63, 3.8) is 0 Å². The summed E-state index contributed by atoms with van der Waals surface area (Å²) in [6.45, 7) is 0. The van der Waals surface area contributed by atoms with E-state index >= 15 is 0 Å². The zero-order valence-electron chi connectivity index (χ0n) is 9.72. The van der Waals surface area contributed by atoms with Gasteiger partial charge in [-0.05, 0) is 12.1 Å². The SMILES string of the molecule is O=C1CC(Cc2ccc3ccccc3n2)C(=O)N1. The summed E-state index contributed by atoms with van der Waals surface area (Å²) in [5.41, 5.74) is 1.77. The Hall–Kier alpha value is -2.23. The summed E-state index contributed by atoms with van der Waals surface area (Å²) in [7, 11) is 0. The molecule has 1 saturated heterocycles. The Morgan fingerprint density at radius 2 is 2.00 bits per heavy atom. The van der Waals surface area contributed by atoms with E-state index in [2.05, 4.69) is 10.3 Å². The van der Waals surface area contributed by atoms with Gasteiger partial charge in [0.2, 0.25) is 11.8 Å². The van der Waals surface area contributed by atoms with E-state index in [1.54, 1.807) is 0 Å². The first-order chi connectivity index (χ1) is 8.72. The molecule has 1 aliphatic heterocycles. The van der Waals surface area contributed by atoms with E-state index in [1.165, 1.54) is 0 Å². The van der Waals surface area contributed by atoms with Crippen LogP contribution in [0.1, 0.15) is 12.1 Å². The normalized spacial score (nSPS) is 19.2. The number of carbonyl (C=O) groups is 2. The van der Waals surface area contributed by atoms with E-state index < -0.39 is 0 Å². The third-order valence-corrected chi connectivity index (χ3v) is 3.18. The summed E-state index contributed by atoms with van der Waals surface area (Å²) in [4.78, 5) is 27.1. The van der Waals surface area contributed by atoms with E-state index in [9.17, 15) is 9.59 Å². The van der Waals surface area contributed by atoms with Crippen molar-refractivity contribution in [1.82, 2.24) is 10.3 Å². The highest BCUT2D eigenvalue weighted by Gasteiger charge is 2.30. The minimum atomic E-state index is -0.272. The number of carbonyl (C=O) groups excluding carboxylic acids is 2. The van der Waals surface area contributed by atoms with Crippen LogP contribution in [0.4, 0.5) is 0 Å². The summed E-state index contributed by atoms with van der Waals surface area (Å²) in [6, 6.07) is 11.7. The number of pyridine rings is 1. The monoisotopic (exact) mass is 240 g/mol. The fraction of sp³-hybridized carbons (Fsp3) is 0.214. The number of benzene rings is 1. The van der Waals surface area contributed by atoms with Crippen molar-refractivity contribution in [3.8, 4) is 0 Å². The summed E-state index contributed by atoms with van der Waals surface area (Å²) >= 11 is 0. The highest BCUT2D eigenvalue weighted by atomic mass is 16.2. The van der Waals surface area contributed by atoms with Crippen LogP contribution in [0.3, 0.4) is 0 Å². The standard InChI is InChI=1S/C14H12N2O2/c17-13-8-10(14(18)16-13)7-11-6-5-9-3-1-2-4-12(9)15-11/h1-6,10H,7-8H2,(H,16,17,18). The lowest BCUT2D eigenvalue weighted by Crippen LogP contribution is -2.23. The molecule has 2 amide bonds. The van der Waals surface area contributed by atoms with E-state index in [0.717, 1.165) is 16.6 Å². The van der Waals surface area contributed by atoms with Crippen molar-refractivity contribution in [1.29, 1.82) is 0 Å². The predicted octanol–water partition coefficient (Wildman–Crippen LogP) is 1.44. The fourth-order valence-corrected chi connectivity index (χ4v) is 2.25. The van der Waals surface area contributed by atoms with Crippen LogP contribution >= 0.6 is 0 Å². The number of para-hydroxylation sites is 1. The third kappa shape index (κ3) is 1.97. The predicted molar refractivity (Wildman–Crippen MR) is 66.7 cm³/mol. The molecule has 3 rings (SSSR count). The molecule has 1 N–H and O–H groups in total. The number of hydrogen-bond acceptors (Lipinski definition) is 3. The molecule has 18 heavy (non-hydrogen) atoms. The van der Waals surface area contributed by atoms with Gasteiger partial charge in [-0.15, -0.1) is 0 Å². The van der Waals surface area contributed by atoms with Crippen molar-refractivity contribution in [3.05, 3.63) is 42.1 Å². The average molecular weight is 240 g/mol. The molecule has 0 aliphatic carbocycles. The van der Waals surface area contributed by atoms with E-state index in [0.29, 0.717) is 6.42 Å². The quantitative estimate of drug-likeness (QED) is 0.808. The lowest BCUT2D eigenvalue weighted by Gasteiger charge is -2.06. The molecule has 1 atom stereocenters. The second-order valence-corrected chi connectivity index (χ2v) is 4.51. The number of rotatable bonds is 2. The maximum Gasteiger partial charge on any atom is 0.230 e. The van der Waals surface area contributed by atoms with Crippen LogP contribution in [-0.2, 0) is 16.0 Å². The van der Waals surface area contributed by atoms with Gasteiger partial charge in [-0.2, -0.15) is 0 Å². The van der Waals surface area contributed by atoms with Crippen molar-refractivity contribution in [2.75, 3.05) is 0 Å². The molecule has 90 valence electrons. The summed E-state index contributed by atoms with van der Waals surface area (Å²) in [5, 5.41) is 3.40. The Morgan fingerprint density at radius 3 is 2.78 bits per heavy atom.